The van der Waals surface area contributed by atoms with Gasteiger partial charge < -0.3 is 14.2 Å². The number of ether oxygens (including phenoxy) is 1. The van der Waals surface area contributed by atoms with Crippen molar-refractivity contribution in [3.63, 3.8) is 0 Å². The summed E-state index contributed by atoms with van der Waals surface area (Å²) in [5, 5.41) is 17.8. The van der Waals surface area contributed by atoms with E-state index >= 15 is 0 Å². The molecule has 1 aromatic heterocycles. The molecule has 3 aliphatic rings. The molecule has 1 saturated carbocycles. The van der Waals surface area contributed by atoms with Gasteiger partial charge in [-0.2, -0.15) is 18.4 Å². The Hall–Kier alpha value is -3.75. The number of rotatable bonds is 8. The maximum Gasteiger partial charge on any atom is 0.416 e. The van der Waals surface area contributed by atoms with E-state index in [-0.39, 0.29) is 29.0 Å². The van der Waals surface area contributed by atoms with E-state index in [2.05, 4.69) is 21.2 Å². The second kappa shape index (κ2) is 12.0. The molecule has 1 unspecified atom stereocenters. The number of methoxy groups -OCH3 is 1. The number of carbonyl (C=O) groups is 1. The van der Waals surface area contributed by atoms with Crippen molar-refractivity contribution in [3.05, 3.63) is 76.4 Å². The van der Waals surface area contributed by atoms with Crippen LogP contribution in [-0.4, -0.2) is 52.4 Å². The summed E-state index contributed by atoms with van der Waals surface area (Å²) in [4.78, 5) is 17.5. The molecule has 8 nitrogen and oxygen atoms in total. The second-order valence-corrected chi connectivity index (χ2v) is 12.7. The van der Waals surface area contributed by atoms with Crippen LogP contribution in [0.2, 0.25) is 0 Å². The molecule has 3 aromatic rings. The summed E-state index contributed by atoms with van der Waals surface area (Å²) in [5.74, 6) is 0.603. The van der Waals surface area contributed by atoms with Crippen LogP contribution in [-0.2, 0) is 42.9 Å². The Morgan fingerprint density at radius 1 is 1.18 bits per heavy atom. The van der Waals surface area contributed by atoms with E-state index in [1.807, 2.05) is 29.8 Å². The maximum atomic E-state index is 14.4. The van der Waals surface area contributed by atoms with Crippen molar-refractivity contribution in [1.29, 1.82) is 5.26 Å². The number of likely N-dealkylation sites (tertiary alicyclic amines) is 1. The smallest absolute Gasteiger partial charge is 0.384 e. The van der Waals surface area contributed by atoms with Gasteiger partial charge in [-0.05, 0) is 79.1 Å². The minimum Gasteiger partial charge on any atom is -0.384 e. The number of aromatic nitrogens is 3. The fourth-order valence-corrected chi connectivity index (χ4v) is 7.34. The molecule has 0 N–H and O–H groups in total. The van der Waals surface area contributed by atoms with Gasteiger partial charge in [0.15, 0.2) is 0 Å². The number of aryl methyl sites for hydroxylation is 1. The number of fused-ring (bicyclic) bond motifs is 1. The summed E-state index contributed by atoms with van der Waals surface area (Å²) >= 11 is 0. The Labute approximate surface area is 255 Å². The van der Waals surface area contributed by atoms with E-state index in [0.717, 1.165) is 43.7 Å². The largest absolute Gasteiger partial charge is 0.416 e. The third kappa shape index (κ3) is 5.85. The molecule has 2 aliphatic heterocycles. The summed E-state index contributed by atoms with van der Waals surface area (Å²) in [6.07, 6.45) is 1.97. The van der Waals surface area contributed by atoms with Gasteiger partial charge in [-0.1, -0.05) is 18.6 Å². The molecule has 1 aliphatic carbocycles. The molecule has 1 amide bonds. The van der Waals surface area contributed by atoms with Gasteiger partial charge in [-0.3, -0.25) is 9.69 Å². The first-order valence-corrected chi connectivity index (χ1v) is 15.2. The first-order chi connectivity index (χ1) is 21.1. The van der Waals surface area contributed by atoms with Crippen LogP contribution >= 0.6 is 0 Å². The van der Waals surface area contributed by atoms with E-state index in [4.69, 9.17) is 4.74 Å². The normalized spacial score (nSPS) is 24.1. The molecular formula is C33H37F3N6O2. The molecule has 1 atom stereocenters. The number of nitrogens with zero attached hydrogens (tertiary/aromatic N) is 6. The van der Waals surface area contributed by atoms with Crippen LogP contribution in [0, 0.1) is 23.2 Å². The van der Waals surface area contributed by atoms with E-state index < -0.39 is 17.6 Å². The number of nitriles is 1. The van der Waals surface area contributed by atoms with Crippen molar-refractivity contribution < 1.29 is 22.7 Å². The van der Waals surface area contributed by atoms with Crippen molar-refractivity contribution >= 4 is 11.6 Å². The number of halogens is 3. The molecule has 2 aromatic carbocycles. The number of anilines is 1. The highest BCUT2D eigenvalue weighted by Crippen LogP contribution is 2.50. The monoisotopic (exact) mass is 606 g/mol. The van der Waals surface area contributed by atoms with Gasteiger partial charge in [0.1, 0.15) is 12.2 Å². The van der Waals surface area contributed by atoms with Crippen molar-refractivity contribution in [2.45, 2.75) is 63.2 Å². The first kappa shape index (κ1) is 30.3. The molecule has 1 saturated heterocycles. The summed E-state index contributed by atoms with van der Waals surface area (Å²) in [7, 11) is 3.54. The zero-order valence-corrected chi connectivity index (χ0v) is 25.1. The van der Waals surface area contributed by atoms with Crippen molar-refractivity contribution in [1.82, 2.24) is 19.7 Å². The average molecular weight is 607 g/mol. The fraction of sp³-hybridized carbons (Fsp3) is 0.515. The van der Waals surface area contributed by atoms with Gasteiger partial charge in [0.05, 0.1) is 24.8 Å². The van der Waals surface area contributed by atoms with E-state index in [1.54, 1.807) is 25.6 Å². The van der Waals surface area contributed by atoms with Crippen LogP contribution < -0.4 is 4.90 Å². The van der Waals surface area contributed by atoms with E-state index in [9.17, 15) is 23.2 Å². The summed E-state index contributed by atoms with van der Waals surface area (Å²) < 4.78 is 50.5. The number of carbonyl (C=O) groups excluding carboxylic acids is 1. The Bertz CT molecular complexity index is 1570. The SMILES string of the molecule is COCC1CCCCN(Cc2cc3c(c(C(F)(F)F)c2)CN(c2cccc([C@]4(Cc5nncn5C)C[C@@H](C#N)C4)c2)C3=O)C1. The summed E-state index contributed by atoms with van der Waals surface area (Å²) in [6, 6.07) is 12.7. The van der Waals surface area contributed by atoms with Crippen molar-refractivity contribution in [2.24, 2.45) is 18.9 Å². The lowest BCUT2D eigenvalue weighted by Crippen LogP contribution is -2.43. The molecule has 3 heterocycles. The Morgan fingerprint density at radius 2 is 2.00 bits per heavy atom. The second-order valence-electron chi connectivity index (χ2n) is 12.7. The highest BCUT2D eigenvalue weighted by Gasteiger charge is 2.47. The van der Waals surface area contributed by atoms with Crippen LogP contribution in [0.5, 0.6) is 0 Å². The van der Waals surface area contributed by atoms with E-state index in [0.29, 0.717) is 49.6 Å². The molecule has 0 spiro atoms. The van der Waals surface area contributed by atoms with Crippen LogP contribution in [0.15, 0.2) is 42.7 Å². The number of hydrogen-bond acceptors (Lipinski definition) is 6. The van der Waals surface area contributed by atoms with Crippen LogP contribution in [0.3, 0.4) is 0 Å². The van der Waals surface area contributed by atoms with E-state index in [1.165, 1.54) is 11.0 Å². The predicted molar refractivity (Wildman–Crippen MR) is 158 cm³/mol. The maximum absolute atomic E-state index is 14.4. The Morgan fingerprint density at radius 3 is 2.70 bits per heavy atom. The number of benzene rings is 2. The average Bonchev–Trinajstić information content (AvgIpc) is 3.44. The van der Waals surface area contributed by atoms with Crippen LogP contribution in [0.1, 0.15) is 70.5 Å². The summed E-state index contributed by atoms with van der Waals surface area (Å²) in [5.41, 5.74) is 1.01. The molecule has 11 heteroatoms. The van der Waals surface area contributed by atoms with Gasteiger partial charge in [0.25, 0.3) is 5.91 Å². The van der Waals surface area contributed by atoms with Gasteiger partial charge in [-0.25, -0.2) is 0 Å². The van der Waals surface area contributed by atoms with Gasteiger partial charge in [-0.15, -0.1) is 10.2 Å². The predicted octanol–water partition coefficient (Wildman–Crippen LogP) is 5.66. The topological polar surface area (TPSA) is 87.3 Å². The molecule has 2 fully saturated rings. The zero-order chi connectivity index (χ0) is 31.1. The fourth-order valence-electron chi connectivity index (χ4n) is 7.34. The van der Waals surface area contributed by atoms with Crippen molar-refractivity contribution in [2.75, 3.05) is 31.7 Å². The Balaban J connectivity index is 1.30. The molecule has 44 heavy (non-hydrogen) atoms. The first-order valence-electron chi connectivity index (χ1n) is 15.2. The number of amides is 1. The third-order valence-corrected chi connectivity index (χ3v) is 9.60. The Kier molecular flexibility index (Phi) is 8.24. The molecule has 0 bridgehead atoms. The molecule has 232 valence electrons. The van der Waals surface area contributed by atoms with Gasteiger partial charge >= 0.3 is 6.18 Å². The minimum absolute atomic E-state index is 0.0202. The third-order valence-electron chi connectivity index (χ3n) is 9.60. The number of hydrogen-bond donors (Lipinski definition) is 0. The lowest BCUT2D eigenvalue weighted by Gasteiger charge is -2.45. The van der Waals surface area contributed by atoms with Gasteiger partial charge in [0.2, 0.25) is 0 Å². The highest BCUT2D eigenvalue weighted by molar-refractivity contribution is 6.10. The van der Waals surface area contributed by atoms with Gasteiger partial charge in [0, 0.05) is 56.3 Å². The zero-order valence-electron chi connectivity index (χ0n) is 25.1. The lowest BCUT2D eigenvalue weighted by atomic mass is 9.57. The molecule has 0 radical (unpaired) electrons. The summed E-state index contributed by atoms with van der Waals surface area (Å²) in [6.45, 7) is 2.38. The van der Waals surface area contributed by atoms with Crippen LogP contribution in [0.25, 0.3) is 0 Å². The minimum atomic E-state index is -4.59. The molecular weight excluding hydrogens is 569 g/mol. The van der Waals surface area contributed by atoms with Crippen molar-refractivity contribution in [3.8, 4) is 6.07 Å². The molecule has 6 rings (SSSR count). The quantitative estimate of drug-likeness (QED) is 0.329. The standard InChI is InChI=1S/C33H37F3N6O2/c1-40-21-38-39-30(40)15-32(13-24(14-32)16-37)25-7-5-8-26(12-25)42-19-28-27(31(42)43)10-23(11-29(28)33(34,35)36)18-41-9-4-3-6-22(17-41)20-44-2/h5,7-8,10-12,21-22,24H,3-4,6,9,13-15,17-20H2,1-2H3/t22?,24-,32-. The van der Waals surface area contributed by atoms with Crippen LogP contribution in [0.4, 0.5) is 18.9 Å². The highest BCUT2D eigenvalue weighted by atomic mass is 19.4. The lowest BCUT2D eigenvalue weighted by molar-refractivity contribution is -0.138. The number of alkyl halides is 3.